The smallest absolute Gasteiger partial charge is 0.304 e. The van der Waals surface area contributed by atoms with Crippen LogP contribution in [-0.2, 0) is 26.1 Å². The standard InChI is InChI=1S/C20H29NO4S/c1-14-15(13-26(3)25)8-7-11-17(14)21-19(24)20(2,12-18(22)23)16-9-5-4-6-10-16/h7-8,11,16H,4-6,9-10,12-13H2,1-3H3,(H,21,24)(H,22,23). The Hall–Kier alpha value is -1.69. The Morgan fingerprint density at radius 2 is 1.92 bits per heavy atom. The van der Waals surface area contributed by atoms with Crippen LogP contribution in [0.4, 0.5) is 5.69 Å². The highest BCUT2D eigenvalue weighted by atomic mass is 32.2. The molecule has 6 heteroatoms. The van der Waals surface area contributed by atoms with Gasteiger partial charge in [-0.15, -0.1) is 0 Å². The number of carboxylic acids is 1. The van der Waals surface area contributed by atoms with E-state index in [-0.39, 0.29) is 18.2 Å². The van der Waals surface area contributed by atoms with Crippen molar-refractivity contribution >= 4 is 28.4 Å². The monoisotopic (exact) mass is 379 g/mol. The summed E-state index contributed by atoms with van der Waals surface area (Å²) >= 11 is 0. The Morgan fingerprint density at radius 3 is 2.50 bits per heavy atom. The molecule has 5 nitrogen and oxygen atoms in total. The molecule has 0 aliphatic heterocycles. The molecule has 2 rings (SSSR count). The normalized spacial score (nSPS) is 18.7. The van der Waals surface area contributed by atoms with E-state index in [1.54, 1.807) is 13.2 Å². The van der Waals surface area contributed by atoms with Crippen LogP contribution in [0.25, 0.3) is 0 Å². The number of amides is 1. The molecule has 0 radical (unpaired) electrons. The molecular formula is C20H29NO4S. The summed E-state index contributed by atoms with van der Waals surface area (Å²) in [5, 5.41) is 12.3. The van der Waals surface area contributed by atoms with Crippen molar-refractivity contribution in [2.75, 3.05) is 11.6 Å². The van der Waals surface area contributed by atoms with Crippen molar-refractivity contribution in [2.24, 2.45) is 11.3 Å². The highest BCUT2D eigenvalue weighted by Gasteiger charge is 2.43. The van der Waals surface area contributed by atoms with Crippen LogP contribution in [0.5, 0.6) is 0 Å². The van der Waals surface area contributed by atoms with Gasteiger partial charge in [0.1, 0.15) is 0 Å². The molecular weight excluding hydrogens is 350 g/mol. The summed E-state index contributed by atoms with van der Waals surface area (Å²) in [7, 11) is -0.967. The van der Waals surface area contributed by atoms with Crippen LogP contribution in [0.3, 0.4) is 0 Å². The number of benzene rings is 1. The Labute approximate surface area is 158 Å². The number of aliphatic carboxylic acids is 1. The van der Waals surface area contributed by atoms with Gasteiger partial charge in [0.2, 0.25) is 5.91 Å². The summed E-state index contributed by atoms with van der Waals surface area (Å²) in [6.45, 7) is 3.68. The fourth-order valence-electron chi connectivity index (χ4n) is 3.92. The number of carboxylic acid groups (broad SMARTS) is 1. The number of hydrogen-bond donors (Lipinski definition) is 2. The molecule has 2 atom stereocenters. The first-order chi connectivity index (χ1) is 12.2. The van der Waals surface area contributed by atoms with Gasteiger partial charge >= 0.3 is 5.97 Å². The topological polar surface area (TPSA) is 83.5 Å². The van der Waals surface area contributed by atoms with Crippen LogP contribution in [0.1, 0.15) is 56.6 Å². The fourth-order valence-corrected chi connectivity index (χ4v) is 4.67. The van der Waals surface area contributed by atoms with Crippen molar-refractivity contribution in [1.82, 2.24) is 0 Å². The molecule has 1 amide bonds. The minimum absolute atomic E-state index is 0.0824. The molecule has 1 fully saturated rings. The van der Waals surface area contributed by atoms with Crippen molar-refractivity contribution in [3.8, 4) is 0 Å². The Morgan fingerprint density at radius 1 is 1.27 bits per heavy atom. The molecule has 26 heavy (non-hydrogen) atoms. The summed E-state index contributed by atoms with van der Waals surface area (Å²) in [6.07, 6.45) is 6.51. The lowest BCUT2D eigenvalue weighted by Crippen LogP contribution is -2.42. The predicted octanol–water partition coefficient (Wildman–Crippen LogP) is 3.87. The van der Waals surface area contributed by atoms with E-state index in [0.717, 1.165) is 43.2 Å². The van der Waals surface area contributed by atoms with Gasteiger partial charge in [0.25, 0.3) is 0 Å². The first kappa shape index (κ1) is 20.6. The molecule has 1 aromatic rings. The second-order valence-corrected chi connectivity index (χ2v) is 9.02. The van der Waals surface area contributed by atoms with Gasteiger partial charge in [-0.3, -0.25) is 13.8 Å². The van der Waals surface area contributed by atoms with E-state index < -0.39 is 22.2 Å². The first-order valence-corrected chi connectivity index (χ1v) is 10.9. The predicted molar refractivity (Wildman–Crippen MR) is 105 cm³/mol. The maximum Gasteiger partial charge on any atom is 0.304 e. The number of rotatable bonds is 7. The lowest BCUT2D eigenvalue weighted by atomic mass is 9.67. The maximum absolute atomic E-state index is 13.1. The fraction of sp³-hybridized carbons (Fsp3) is 0.600. The lowest BCUT2D eigenvalue weighted by molar-refractivity contribution is -0.145. The van der Waals surface area contributed by atoms with Crippen molar-refractivity contribution < 1.29 is 18.9 Å². The molecule has 2 unspecified atom stereocenters. The van der Waals surface area contributed by atoms with E-state index >= 15 is 0 Å². The average molecular weight is 380 g/mol. The second kappa shape index (κ2) is 8.80. The van der Waals surface area contributed by atoms with Crippen molar-refractivity contribution in [3.05, 3.63) is 29.3 Å². The summed E-state index contributed by atoms with van der Waals surface area (Å²) in [5.41, 5.74) is 1.56. The van der Waals surface area contributed by atoms with Gasteiger partial charge in [-0.2, -0.15) is 0 Å². The zero-order chi connectivity index (χ0) is 19.3. The Kier molecular flexibility index (Phi) is 6.98. The van der Waals surface area contributed by atoms with Gasteiger partial charge in [0.15, 0.2) is 0 Å². The number of hydrogen-bond acceptors (Lipinski definition) is 3. The molecule has 1 saturated carbocycles. The number of carbonyl (C=O) groups excluding carboxylic acids is 1. The molecule has 1 aliphatic rings. The molecule has 2 N–H and O–H groups in total. The van der Waals surface area contributed by atoms with Crippen LogP contribution in [0.2, 0.25) is 0 Å². The van der Waals surface area contributed by atoms with E-state index in [2.05, 4.69) is 5.32 Å². The van der Waals surface area contributed by atoms with Crippen LogP contribution in [0.15, 0.2) is 18.2 Å². The molecule has 0 spiro atoms. The van der Waals surface area contributed by atoms with E-state index in [4.69, 9.17) is 0 Å². The van der Waals surface area contributed by atoms with Crippen molar-refractivity contribution in [1.29, 1.82) is 0 Å². The third-order valence-electron chi connectivity index (χ3n) is 5.60. The second-order valence-electron chi connectivity index (χ2n) is 7.58. The maximum atomic E-state index is 13.1. The zero-order valence-corrected chi connectivity index (χ0v) is 16.7. The summed E-state index contributed by atoms with van der Waals surface area (Å²) in [4.78, 5) is 24.6. The van der Waals surface area contributed by atoms with Gasteiger partial charge in [0, 0.05) is 28.5 Å². The molecule has 0 heterocycles. The zero-order valence-electron chi connectivity index (χ0n) is 15.8. The van der Waals surface area contributed by atoms with Gasteiger partial charge in [0.05, 0.1) is 11.8 Å². The summed E-state index contributed by atoms with van der Waals surface area (Å²) in [5.74, 6) is -0.659. The number of nitrogens with one attached hydrogen (secondary N) is 1. The molecule has 144 valence electrons. The van der Waals surface area contributed by atoms with Crippen LogP contribution < -0.4 is 5.32 Å². The van der Waals surface area contributed by atoms with Crippen molar-refractivity contribution in [2.45, 2.75) is 58.1 Å². The van der Waals surface area contributed by atoms with E-state index in [1.807, 2.05) is 25.1 Å². The van der Waals surface area contributed by atoms with Gasteiger partial charge in [-0.05, 0) is 49.8 Å². The first-order valence-electron chi connectivity index (χ1n) is 9.16. The number of anilines is 1. The summed E-state index contributed by atoms with van der Waals surface area (Å²) in [6, 6.07) is 5.56. The molecule has 0 bridgehead atoms. The SMILES string of the molecule is Cc1c(CS(C)=O)cccc1NC(=O)C(C)(CC(=O)O)C1CCCCC1. The van der Waals surface area contributed by atoms with Crippen LogP contribution >= 0.6 is 0 Å². The minimum atomic E-state index is -0.967. The third kappa shape index (κ3) is 4.93. The quantitative estimate of drug-likeness (QED) is 0.753. The minimum Gasteiger partial charge on any atom is -0.481 e. The van der Waals surface area contributed by atoms with Crippen LogP contribution in [-0.4, -0.2) is 27.4 Å². The highest BCUT2D eigenvalue weighted by Crippen LogP contribution is 2.42. The van der Waals surface area contributed by atoms with Gasteiger partial charge in [-0.25, -0.2) is 0 Å². The van der Waals surface area contributed by atoms with E-state index in [0.29, 0.717) is 11.4 Å². The Bertz CT molecular complexity index is 697. The van der Waals surface area contributed by atoms with Gasteiger partial charge < -0.3 is 10.4 Å². The molecule has 1 aliphatic carbocycles. The Balaban J connectivity index is 2.26. The third-order valence-corrected chi connectivity index (χ3v) is 6.31. The molecule has 0 aromatic heterocycles. The van der Waals surface area contributed by atoms with E-state index in [9.17, 15) is 18.9 Å². The van der Waals surface area contributed by atoms with Gasteiger partial charge in [-0.1, -0.05) is 31.4 Å². The highest BCUT2D eigenvalue weighted by molar-refractivity contribution is 7.83. The average Bonchev–Trinajstić information content (AvgIpc) is 2.58. The number of carbonyl (C=O) groups is 2. The lowest BCUT2D eigenvalue weighted by Gasteiger charge is -2.37. The van der Waals surface area contributed by atoms with Crippen molar-refractivity contribution in [3.63, 3.8) is 0 Å². The largest absolute Gasteiger partial charge is 0.481 e. The summed E-state index contributed by atoms with van der Waals surface area (Å²) < 4.78 is 11.5. The van der Waals surface area contributed by atoms with E-state index in [1.165, 1.54) is 0 Å². The van der Waals surface area contributed by atoms with Crippen LogP contribution in [0, 0.1) is 18.3 Å². The molecule has 0 saturated heterocycles. The molecule has 1 aromatic carbocycles.